The van der Waals surface area contributed by atoms with Crippen LogP contribution in [0.3, 0.4) is 0 Å². The van der Waals surface area contributed by atoms with Crippen molar-refractivity contribution in [3.8, 4) is 0 Å². The zero-order chi connectivity index (χ0) is 10.5. The molecular formula is C9H18O3S. The predicted molar refractivity (Wildman–Crippen MR) is 53.5 cm³/mol. The highest BCUT2D eigenvalue weighted by atomic mass is 32.2. The summed E-state index contributed by atoms with van der Waals surface area (Å²) >= 11 is 0. The van der Waals surface area contributed by atoms with Gasteiger partial charge in [-0.05, 0) is 33.6 Å². The third-order valence-corrected chi connectivity index (χ3v) is 4.61. The van der Waals surface area contributed by atoms with Crippen LogP contribution in [0.5, 0.6) is 0 Å². The molecule has 0 rings (SSSR count). The van der Waals surface area contributed by atoms with Crippen molar-refractivity contribution in [3.05, 3.63) is 0 Å². The Hall–Kier alpha value is -0.380. The molecule has 0 fully saturated rings. The molecule has 0 aliphatic rings. The maximum atomic E-state index is 11.5. The van der Waals surface area contributed by atoms with Gasteiger partial charge in [0.15, 0.2) is 9.84 Å². The number of rotatable bonds is 5. The quantitative estimate of drug-likeness (QED) is 0.507. The largest absolute Gasteiger partial charge is 0.303 e. The lowest BCUT2D eigenvalue weighted by molar-refractivity contribution is -0.107. The van der Waals surface area contributed by atoms with Crippen LogP contribution >= 0.6 is 0 Å². The fourth-order valence-electron chi connectivity index (χ4n) is 0.826. The minimum atomic E-state index is -2.99. The molecule has 13 heavy (non-hydrogen) atoms. The molecule has 0 aromatic rings. The van der Waals surface area contributed by atoms with E-state index in [-0.39, 0.29) is 5.75 Å². The molecule has 0 spiro atoms. The minimum Gasteiger partial charge on any atom is -0.303 e. The van der Waals surface area contributed by atoms with Gasteiger partial charge < -0.3 is 4.79 Å². The van der Waals surface area contributed by atoms with Crippen molar-refractivity contribution in [3.63, 3.8) is 0 Å². The van der Waals surface area contributed by atoms with Crippen LogP contribution in [0.15, 0.2) is 0 Å². The minimum absolute atomic E-state index is 0.185. The van der Waals surface area contributed by atoms with E-state index in [1.165, 1.54) is 0 Å². The van der Waals surface area contributed by atoms with E-state index in [9.17, 15) is 13.2 Å². The third-order valence-electron chi connectivity index (χ3n) is 1.92. The highest BCUT2D eigenvalue weighted by molar-refractivity contribution is 7.92. The Bertz CT molecular complexity index is 247. The summed E-state index contributed by atoms with van der Waals surface area (Å²) in [5.74, 6) is 0.185. The molecule has 0 heterocycles. The predicted octanol–water partition coefficient (Wildman–Crippen LogP) is 1.57. The van der Waals surface area contributed by atoms with E-state index in [0.29, 0.717) is 19.3 Å². The maximum absolute atomic E-state index is 11.5. The van der Waals surface area contributed by atoms with Gasteiger partial charge in [-0.15, -0.1) is 0 Å². The van der Waals surface area contributed by atoms with Gasteiger partial charge >= 0.3 is 0 Å². The lowest BCUT2D eigenvalue weighted by Crippen LogP contribution is -2.30. The summed E-state index contributed by atoms with van der Waals surface area (Å²) in [6, 6.07) is 0. The molecule has 0 saturated heterocycles. The topological polar surface area (TPSA) is 51.2 Å². The van der Waals surface area contributed by atoms with Crippen LogP contribution in [0.2, 0.25) is 0 Å². The highest BCUT2D eigenvalue weighted by Crippen LogP contribution is 2.17. The summed E-state index contributed by atoms with van der Waals surface area (Å²) in [4.78, 5) is 9.98. The summed E-state index contributed by atoms with van der Waals surface area (Å²) in [6.07, 6.45) is 2.53. The molecule has 0 atom stereocenters. The first-order chi connectivity index (χ1) is 5.81. The molecule has 0 aliphatic heterocycles. The van der Waals surface area contributed by atoms with Gasteiger partial charge in [-0.25, -0.2) is 8.42 Å². The number of carbonyl (C=O) groups excluding carboxylic acids is 1. The second kappa shape index (κ2) is 4.74. The number of hydrogen-bond acceptors (Lipinski definition) is 3. The van der Waals surface area contributed by atoms with Gasteiger partial charge in [0.1, 0.15) is 6.29 Å². The van der Waals surface area contributed by atoms with Crippen molar-refractivity contribution in [2.45, 2.75) is 44.8 Å². The first-order valence-corrected chi connectivity index (χ1v) is 6.12. The number of unbranched alkanes of at least 4 members (excludes halogenated alkanes) is 2. The Morgan fingerprint density at radius 3 is 2.08 bits per heavy atom. The van der Waals surface area contributed by atoms with E-state index in [1.54, 1.807) is 20.8 Å². The Kier molecular flexibility index (Phi) is 4.61. The Balaban J connectivity index is 3.99. The fourth-order valence-corrected chi connectivity index (χ4v) is 2.02. The number of sulfone groups is 1. The Morgan fingerprint density at radius 1 is 1.15 bits per heavy atom. The Labute approximate surface area is 80.4 Å². The van der Waals surface area contributed by atoms with E-state index in [0.717, 1.165) is 6.29 Å². The van der Waals surface area contributed by atoms with Gasteiger partial charge in [0.25, 0.3) is 0 Å². The second-order valence-electron chi connectivity index (χ2n) is 4.09. The molecule has 0 aromatic heterocycles. The fraction of sp³-hybridized carbons (Fsp3) is 0.889. The Morgan fingerprint density at radius 2 is 1.69 bits per heavy atom. The van der Waals surface area contributed by atoms with Crippen LogP contribution in [0.1, 0.15) is 40.0 Å². The zero-order valence-corrected chi connectivity index (χ0v) is 9.36. The standard InChI is InChI=1S/C9H18O3S/c1-9(2,3)13(11,12)8-6-4-5-7-10/h7H,4-6,8H2,1-3H3. The van der Waals surface area contributed by atoms with E-state index in [2.05, 4.69) is 0 Å². The van der Waals surface area contributed by atoms with E-state index >= 15 is 0 Å². The van der Waals surface area contributed by atoms with Crippen molar-refractivity contribution in [2.75, 3.05) is 5.75 Å². The molecule has 0 radical (unpaired) electrons. The molecule has 0 aliphatic carbocycles. The smallest absolute Gasteiger partial charge is 0.155 e. The van der Waals surface area contributed by atoms with Crippen molar-refractivity contribution in [1.29, 1.82) is 0 Å². The van der Waals surface area contributed by atoms with Crippen molar-refractivity contribution >= 4 is 16.1 Å². The van der Waals surface area contributed by atoms with Gasteiger partial charge in [-0.3, -0.25) is 0 Å². The summed E-state index contributed by atoms with van der Waals surface area (Å²) in [5.41, 5.74) is 0. The molecule has 0 aromatic carbocycles. The second-order valence-corrected chi connectivity index (χ2v) is 6.96. The SMILES string of the molecule is CC(C)(C)S(=O)(=O)CCCCC=O. The number of hydrogen-bond donors (Lipinski definition) is 0. The third kappa shape index (κ3) is 4.41. The molecule has 0 amide bonds. The average molecular weight is 206 g/mol. The first kappa shape index (κ1) is 12.6. The van der Waals surface area contributed by atoms with Crippen LogP contribution in [0.25, 0.3) is 0 Å². The van der Waals surface area contributed by atoms with E-state index in [1.807, 2.05) is 0 Å². The summed E-state index contributed by atoms with van der Waals surface area (Å²) in [6.45, 7) is 5.09. The van der Waals surface area contributed by atoms with Gasteiger partial charge in [0, 0.05) is 6.42 Å². The van der Waals surface area contributed by atoms with Crippen LogP contribution in [-0.2, 0) is 14.6 Å². The van der Waals surface area contributed by atoms with Crippen LogP contribution in [0.4, 0.5) is 0 Å². The van der Waals surface area contributed by atoms with Crippen molar-refractivity contribution in [2.24, 2.45) is 0 Å². The van der Waals surface area contributed by atoms with Gasteiger partial charge in [0.05, 0.1) is 10.5 Å². The lowest BCUT2D eigenvalue weighted by atomic mass is 10.3. The van der Waals surface area contributed by atoms with Gasteiger partial charge in [-0.1, -0.05) is 0 Å². The van der Waals surface area contributed by atoms with Crippen LogP contribution in [-0.4, -0.2) is 25.2 Å². The van der Waals surface area contributed by atoms with E-state index < -0.39 is 14.6 Å². The zero-order valence-electron chi connectivity index (χ0n) is 8.54. The first-order valence-electron chi connectivity index (χ1n) is 4.47. The highest BCUT2D eigenvalue weighted by Gasteiger charge is 2.27. The number of carbonyl (C=O) groups is 1. The summed E-state index contributed by atoms with van der Waals surface area (Å²) in [5, 5.41) is 0. The summed E-state index contributed by atoms with van der Waals surface area (Å²) in [7, 11) is -2.99. The molecule has 0 N–H and O–H groups in total. The van der Waals surface area contributed by atoms with Crippen molar-refractivity contribution < 1.29 is 13.2 Å². The molecular weight excluding hydrogens is 188 g/mol. The monoisotopic (exact) mass is 206 g/mol. The van der Waals surface area contributed by atoms with E-state index in [4.69, 9.17) is 0 Å². The molecule has 0 bridgehead atoms. The van der Waals surface area contributed by atoms with Gasteiger partial charge in [-0.2, -0.15) is 0 Å². The molecule has 0 unspecified atom stereocenters. The van der Waals surface area contributed by atoms with Crippen LogP contribution < -0.4 is 0 Å². The van der Waals surface area contributed by atoms with Crippen molar-refractivity contribution in [1.82, 2.24) is 0 Å². The molecule has 4 heteroatoms. The average Bonchev–Trinajstić information content (AvgIpc) is 1.96. The maximum Gasteiger partial charge on any atom is 0.155 e. The molecule has 78 valence electrons. The van der Waals surface area contributed by atoms with Gasteiger partial charge in [0.2, 0.25) is 0 Å². The van der Waals surface area contributed by atoms with Crippen LogP contribution in [0, 0.1) is 0 Å². The number of aldehydes is 1. The molecule has 3 nitrogen and oxygen atoms in total. The normalized spacial score (nSPS) is 12.8. The lowest BCUT2D eigenvalue weighted by Gasteiger charge is -2.18. The molecule has 0 saturated carbocycles. The summed E-state index contributed by atoms with van der Waals surface area (Å²) < 4.78 is 22.4.